The maximum Gasteiger partial charge on any atom is 0.0311 e. The van der Waals surface area contributed by atoms with Crippen molar-refractivity contribution in [1.29, 1.82) is 0 Å². The molecule has 0 fully saturated rings. The highest BCUT2D eigenvalue weighted by Crippen LogP contribution is 2.20. The molecule has 0 N–H and O–H groups in total. The first-order chi connectivity index (χ1) is 6.59. The van der Waals surface area contributed by atoms with Gasteiger partial charge in [0.1, 0.15) is 0 Å². The maximum absolute atomic E-state index is 3.38. The third-order valence-corrected chi connectivity index (χ3v) is 5.08. The van der Waals surface area contributed by atoms with Crippen molar-refractivity contribution < 1.29 is 0 Å². The van der Waals surface area contributed by atoms with Gasteiger partial charge in [0.15, 0.2) is 0 Å². The van der Waals surface area contributed by atoms with E-state index < -0.39 is 0 Å². The number of halogens is 2. The van der Waals surface area contributed by atoms with E-state index in [0.717, 1.165) is 0 Å². The lowest BCUT2D eigenvalue weighted by Crippen LogP contribution is -1.53. The number of hydrogen-bond acceptors (Lipinski definition) is 2. The van der Waals surface area contributed by atoms with Crippen molar-refractivity contribution >= 4 is 54.5 Å². The second kappa shape index (κ2) is 6.05. The van der Waals surface area contributed by atoms with Crippen molar-refractivity contribution in [3.8, 4) is 0 Å². The molecule has 0 saturated carbocycles. The summed E-state index contributed by atoms with van der Waals surface area (Å²) >= 11 is 10.2. The van der Waals surface area contributed by atoms with Crippen LogP contribution in [0, 0.1) is 13.8 Å². The van der Waals surface area contributed by atoms with E-state index in [-0.39, 0.29) is 0 Å². The summed E-state index contributed by atoms with van der Waals surface area (Å²) in [7, 11) is 0. The van der Waals surface area contributed by atoms with Crippen LogP contribution in [0.2, 0.25) is 0 Å². The molecular weight excluding hydrogens is 344 g/mol. The van der Waals surface area contributed by atoms with Gasteiger partial charge >= 0.3 is 0 Å². The van der Waals surface area contributed by atoms with Crippen molar-refractivity contribution in [3.05, 3.63) is 41.6 Å². The monoisotopic (exact) mass is 352 g/mol. The lowest BCUT2D eigenvalue weighted by Gasteiger charge is -1.77. The van der Waals surface area contributed by atoms with Gasteiger partial charge in [0, 0.05) is 24.1 Å². The van der Waals surface area contributed by atoms with E-state index in [1.807, 2.05) is 0 Å². The summed E-state index contributed by atoms with van der Waals surface area (Å²) in [4.78, 5) is 2.70. The van der Waals surface area contributed by atoms with E-state index >= 15 is 0 Å². The molecule has 0 aromatic carbocycles. The Hall–Kier alpha value is 0.360. The minimum atomic E-state index is 1.19. The Labute approximate surface area is 109 Å². The molecule has 0 aliphatic carbocycles. The Kier molecular flexibility index (Phi) is 5.38. The van der Waals surface area contributed by atoms with E-state index in [1.165, 1.54) is 18.7 Å². The molecule has 0 radical (unpaired) electrons. The van der Waals surface area contributed by atoms with Crippen LogP contribution in [0.5, 0.6) is 0 Å². The zero-order chi connectivity index (χ0) is 10.6. The van der Waals surface area contributed by atoms with Crippen LogP contribution in [0.4, 0.5) is 0 Å². The molecule has 0 unspecified atom stereocenters. The van der Waals surface area contributed by atoms with Crippen LogP contribution in [0.15, 0.2) is 31.8 Å². The number of hydrogen-bond donors (Lipinski definition) is 0. The van der Waals surface area contributed by atoms with Crippen LogP contribution < -0.4 is 0 Å². The number of thiophene rings is 2. The lowest BCUT2D eigenvalue weighted by atomic mass is 10.5. The summed E-state index contributed by atoms with van der Waals surface area (Å²) in [6, 6.07) is 4.16. The molecule has 76 valence electrons. The number of rotatable bonds is 0. The zero-order valence-electron chi connectivity index (χ0n) is 7.88. The van der Waals surface area contributed by atoms with Crippen molar-refractivity contribution in [2.45, 2.75) is 13.8 Å². The lowest BCUT2D eigenvalue weighted by molar-refractivity contribution is 1.59. The summed E-state index contributed by atoms with van der Waals surface area (Å²) in [5.41, 5.74) is 0. The number of aryl methyl sites for hydroxylation is 2. The maximum atomic E-state index is 3.38. The highest BCUT2D eigenvalue weighted by atomic mass is 79.9. The molecule has 2 rings (SSSR count). The normalized spacial score (nSPS) is 9.43. The predicted octanol–water partition coefficient (Wildman–Crippen LogP) is 5.64. The molecule has 2 aromatic rings. The van der Waals surface area contributed by atoms with Gasteiger partial charge in [-0.3, -0.25) is 0 Å². The topological polar surface area (TPSA) is 0 Å². The van der Waals surface area contributed by atoms with Gasteiger partial charge in [0.25, 0.3) is 0 Å². The molecule has 0 spiro atoms. The molecule has 14 heavy (non-hydrogen) atoms. The van der Waals surface area contributed by atoms with Crippen LogP contribution >= 0.6 is 54.5 Å². The van der Waals surface area contributed by atoms with Crippen LogP contribution in [-0.2, 0) is 0 Å². The molecule has 0 saturated heterocycles. The van der Waals surface area contributed by atoms with Crippen LogP contribution in [0.25, 0.3) is 0 Å². The average molecular weight is 354 g/mol. The minimum Gasteiger partial charge on any atom is -0.148 e. The van der Waals surface area contributed by atoms with Crippen molar-refractivity contribution in [1.82, 2.24) is 0 Å². The van der Waals surface area contributed by atoms with Crippen LogP contribution in [0.1, 0.15) is 9.75 Å². The van der Waals surface area contributed by atoms with Crippen molar-refractivity contribution in [2.75, 3.05) is 0 Å². The second-order valence-corrected chi connectivity index (χ2v) is 6.71. The summed E-state index contributed by atoms with van der Waals surface area (Å²) < 4.78 is 2.41. The van der Waals surface area contributed by atoms with E-state index in [4.69, 9.17) is 0 Å². The molecular formula is C10H10Br2S2. The van der Waals surface area contributed by atoms with E-state index in [1.54, 1.807) is 22.7 Å². The van der Waals surface area contributed by atoms with Crippen LogP contribution in [-0.4, -0.2) is 0 Å². The van der Waals surface area contributed by atoms with Gasteiger partial charge in [-0.2, -0.15) is 0 Å². The fraction of sp³-hybridized carbons (Fsp3) is 0.200. The standard InChI is InChI=1S/2C5H5BrS/c1-4-2-5(6)3-7-4;1-4-5(6)2-3-7-4/h2*2-3H,1H3. The highest BCUT2D eigenvalue weighted by molar-refractivity contribution is 9.10. The van der Waals surface area contributed by atoms with E-state index in [0.29, 0.717) is 0 Å². The fourth-order valence-corrected chi connectivity index (χ4v) is 3.29. The molecule has 0 bridgehead atoms. The van der Waals surface area contributed by atoms with Crippen molar-refractivity contribution in [2.24, 2.45) is 0 Å². The quantitative estimate of drug-likeness (QED) is 0.575. The van der Waals surface area contributed by atoms with Crippen LogP contribution in [0.3, 0.4) is 0 Å². The third kappa shape index (κ3) is 4.26. The Balaban J connectivity index is 0.000000140. The first-order valence-electron chi connectivity index (χ1n) is 4.00. The Morgan fingerprint density at radius 3 is 2.00 bits per heavy atom. The average Bonchev–Trinajstić information content (AvgIpc) is 2.65. The molecule has 0 aliphatic rings. The Morgan fingerprint density at radius 2 is 1.86 bits per heavy atom. The molecule has 4 heteroatoms. The van der Waals surface area contributed by atoms with Gasteiger partial charge in [-0.1, -0.05) is 0 Å². The largest absolute Gasteiger partial charge is 0.148 e. The summed E-state index contributed by atoms with van der Waals surface area (Å²) in [6.07, 6.45) is 0. The zero-order valence-corrected chi connectivity index (χ0v) is 12.7. The first kappa shape index (κ1) is 12.4. The Bertz CT molecular complexity index is 357. The molecule has 0 nitrogen and oxygen atoms in total. The van der Waals surface area contributed by atoms with Gasteiger partial charge in [0.05, 0.1) is 0 Å². The minimum absolute atomic E-state index is 1.19. The Morgan fingerprint density at radius 1 is 1.14 bits per heavy atom. The third-order valence-electron chi connectivity index (χ3n) is 1.49. The van der Waals surface area contributed by atoms with Gasteiger partial charge in [-0.05, 0) is 63.2 Å². The van der Waals surface area contributed by atoms with Gasteiger partial charge < -0.3 is 0 Å². The summed E-state index contributed by atoms with van der Waals surface area (Å²) in [5.74, 6) is 0. The molecule has 2 heterocycles. The SMILES string of the molecule is Cc1cc(Br)cs1.Cc1sccc1Br. The van der Waals surface area contributed by atoms with Gasteiger partial charge in [0.2, 0.25) is 0 Å². The smallest absolute Gasteiger partial charge is 0.0311 e. The fourth-order valence-electron chi connectivity index (χ4n) is 0.781. The van der Waals surface area contributed by atoms with E-state index in [9.17, 15) is 0 Å². The van der Waals surface area contributed by atoms with E-state index in [2.05, 4.69) is 68.6 Å². The second-order valence-electron chi connectivity index (χ2n) is 2.70. The first-order valence-corrected chi connectivity index (χ1v) is 7.34. The predicted molar refractivity (Wildman–Crippen MR) is 73.5 cm³/mol. The highest BCUT2D eigenvalue weighted by Gasteiger charge is 1.89. The van der Waals surface area contributed by atoms with Crippen molar-refractivity contribution in [3.63, 3.8) is 0 Å². The molecule has 0 aliphatic heterocycles. The molecule has 2 aromatic heterocycles. The van der Waals surface area contributed by atoms with Gasteiger partial charge in [-0.25, -0.2) is 0 Å². The van der Waals surface area contributed by atoms with Gasteiger partial charge in [-0.15, -0.1) is 22.7 Å². The summed E-state index contributed by atoms with van der Waals surface area (Å²) in [5, 5.41) is 4.15. The molecule has 0 amide bonds. The molecule has 0 atom stereocenters. The summed E-state index contributed by atoms with van der Waals surface area (Å²) in [6.45, 7) is 4.18.